The van der Waals surface area contributed by atoms with Crippen molar-refractivity contribution in [3.63, 3.8) is 0 Å². The highest BCUT2D eigenvalue weighted by Gasteiger charge is 2.15. The van der Waals surface area contributed by atoms with Crippen LogP contribution in [0.4, 0.5) is 0 Å². The van der Waals surface area contributed by atoms with E-state index < -0.39 is 0 Å². The van der Waals surface area contributed by atoms with Crippen LogP contribution in [0.2, 0.25) is 0 Å². The summed E-state index contributed by atoms with van der Waals surface area (Å²) in [5, 5.41) is 0.942. The zero-order valence-electron chi connectivity index (χ0n) is 10.3. The third kappa shape index (κ3) is 2.22. The molecule has 0 aliphatic carbocycles. The van der Waals surface area contributed by atoms with E-state index in [0.717, 1.165) is 21.0 Å². The van der Waals surface area contributed by atoms with Crippen LogP contribution in [-0.2, 0) is 0 Å². The van der Waals surface area contributed by atoms with Gasteiger partial charge in [0.25, 0.3) is 0 Å². The van der Waals surface area contributed by atoms with Crippen molar-refractivity contribution in [1.29, 1.82) is 0 Å². The second kappa shape index (κ2) is 4.67. The molecule has 0 amide bonds. The van der Waals surface area contributed by atoms with Gasteiger partial charge >= 0.3 is 0 Å². The number of halogens is 1. The van der Waals surface area contributed by atoms with Crippen LogP contribution in [0.3, 0.4) is 0 Å². The van der Waals surface area contributed by atoms with Crippen molar-refractivity contribution in [2.24, 2.45) is 0 Å². The van der Waals surface area contributed by atoms with E-state index in [-0.39, 0.29) is 5.78 Å². The average Bonchev–Trinajstić information content (AvgIpc) is 2.85. The van der Waals surface area contributed by atoms with Crippen LogP contribution in [0.15, 0.2) is 57.4 Å². The molecule has 2 nitrogen and oxygen atoms in total. The highest BCUT2D eigenvalue weighted by Crippen LogP contribution is 2.23. The van der Waals surface area contributed by atoms with Crippen molar-refractivity contribution in [1.82, 2.24) is 0 Å². The van der Waals surface area contributed by atoms with Gasteiger partial charge in [0, 0.05) is 15.4 Å². The number of furan rings is 1. The molecule has 0 unspecified atom stereocenters. The van der Waals surface area contributed by atoms with E-state index in [1.807, 2.05) is 49.4 Å². The Labute approximate surface area is 119 Å². The lowest BCUT2D eigenvalue weighted by Crippen LogP contribution is -1.99. The standard InChI is InChI=1S/C16H11BrO2/c1-10-6-7-12(8-13(10)17)16(18)15-9-11-4-2-3-5-14(11)19-15/h2-9H,1H3. The number of aryl methyl sites for hydroxylation is 1. The smallest absolute Gasteiger partial charge is 0.228 e. The van der Waals surface area contributed by atoms with E-state index >= 15 is 0 Å². The first-order valence-electron chi connectivity index (χ1n) is 5.94. The van der Waals surface area contributed by atoms with Crippen LogP contribution in [0.5, 0.6) is 0 Å². The number of ketones is 1. The number of rotatable bonds is 2. The predicted molar refractivity (Wildman–Crippen MR) is 78.5 cm³/mol. The lowest BCUT2D eigenvalue weighted by molar-refractivity contribution is 0.101. The van der Waals surface area contributed by atoms with Crippen LogP contribution in [0.1, 0.15) is 21.7 Å². The molecule has 0 saturated carbocycles. The lowest BCUT2D eigenvalue weighted by Gasteiger charge is -2.01. The largest absolute Gasteiger partial charge is 0.453 e. The van der Waals surface area contributed by atoms with E-state index in [1.165, 1.54) is 0 Å². The van der Waals surface area contributed by atoms with Gasteiger partial charge in [0.15, 0.2) is 5.76 Å². The molecular formula is C16H11BrO2. The van der Waals surface area contributed by atoms with E-state index in [0.29, 0.717) is 11.3 Å². The Bertz CT molecular complexity index is 738. The first-order valence-corrected chi connectivity index (χ1v) is 6.74. The summed E-state index contributed by atoms with van der Waals surface area (Å²) in [5.74, 6) is 0.272. The maximum Gasteiger partial charge on any atom is 0.228 e. The molecule has 2 aromatic carbocycles. The summed E-state index contributed by atoms with van der Waals surface area (Å²) in [6.45, 7) is 1.99. The molecule has 0 N–H and O–H groups in total. The molecular weight excluding hydrogens is 304 g/mol. The third-order valence-electron chi connectivity index (χ3n) is 3.08. The third-order valence-corrected chi connectivity index (χ3v) is 3.94. The number of para-hydroxylation sites is 1. The molecule has 19 heavy (non-hydrogen) atoms. The van der Waals surface area contributed by atoms with Gasteiger partial charge in [-0.25, -0.2) is 0 Å². The molecule has 0 aliphatic heterocycles. The van der Waals surface area contributed by atoms with Crippen LogP contribution >= 0.6 is 15.9 Å². The maximum atomic E-state index is 12.4. The van der Waals surface area contributed by atoms with E-state index in [4.69, 9.17) is 4.42 Å². The molecule has 0 bridgehead atoms. The predicted octanol–water partition coefficient (Wildman–Crippen LogP) is 4.73. The summed E-state index contributed by atoms with van der Waals surface area (Å²) in [7, 11) is 0. The first-order chi connectivity index (χ1) is 9.15. The summed E-state index contributed by atoms with van der Waals surface area (Å²) in [4.78, 5) is 12.4. The Hall–Kier alpha value is -1.87. The van der Waals surface area contributed by atoms with Crippen LogP contribution in [0.25, 0.3) is 11.0 Å². The minimum Gasteiger partial charge on any atom is -0.453 e. The molecule has 1 heterocycles. The van der Waals surface area contributed by atoms with Gasteiger partial charge < -0.3 is 4.42 Å². The topological polar surface area (TPSA) is 30.2 Å². The van der Waals surface area contributed by atoms with Gasteiger partial charge in [-0.2, -0.15) is 0 Å². The summed E-state index contributed by atoms with van der Waals surface area (Å²) in [6.07, 6.45) is 0. The molecule has 1 aromatic heterocycles. The fourth-order valence-corrected chi connectivity index (χ4v) is 2.35. The molecule has 3 rings (SSSR count). The molecule has 0 spiro atoms. The Morgan fingerprint density at radius 2 is 1.89 bits per heavy atom. The molecule has 3 heteroatoms. The number of fused-ring (bicyclic) bond motifs is 1. The molecule has 0 radical (unpaired) electrons. The zero-order valence-corrected chi connectivity index (χ0v) is 11.9. The second-order valence-electron chi connectivity index (χ2n) is 4.44. The molecule has 0 atom stereocenters. The first kappa shape index (κ1) is 12.2. The monoisotopic (exact) mass is 314 g/mol. The SMILES string of the molecule is Cc1ccc(C(=O)c2cc3ccccc3o2)cc1Br. The van der Waals surface area contributed by atoms with Gasteiger partial charge in [-0.15, -0.1) is 0 Å². The Morgan fingerprint density at radius 3 is 2.63 bits per heavy atom. The molecule has 0 fully saturated rings. The summed E-state index contributed by atoms with van der Waals surface area (Å²) in [6, 6.07) is 14.9. The van der Waals surface area contributed by atoms with E-state index in [1.54, 1.807) is 6.07 Å². The number of carbonyl (C=O) groups is 1. The Kier molecular flexibility index (Phi) is 2.99. The van der Waals surface area contributed by atoms with Crippen molar-refractivity contribution in [2.45, 2.75) is 6.92 Å². The van der Waals surface area contributed by atoms with Crippen molar-refractivity contribution < 1.29 is 9.21 Å². The number of hydrogen-bond donors (Lipinski definition) is 0. The summed E-state index contributed by atoms with van der Waals surface area (Å²) < 4.78 is 6.51. The van der Waals surface area contributed by atoms with E-state index in [2.05, 4.69) is 15.9 Å². The molecule has 94 valence electrons. The number of benzene rings is 2. The number of carbonyl (C=O) groups excluding carboxylic acids is 1. The quantitative estimate of drug-likeness (QED) is 0.640. The van der Waals surface area contributed by atoms with Crippen molar-refractivity contribution in [3.05, 3.63) is 69.9 Å². The van der Waals surface area contributed by atoms with Gasteiger partial charge in [-0.1, -0.05) is 46.3 Å². The molecule has 0 aliphatic rings. The van der Waals surface area contributed by atoms with Gasteiger partial charge in [0.05, 0.1) is 0 Å². The van der Waals surface area contributed by atoms with Gasteiger partial charge in [0.2, 0.25) is 5.78 Å². The average molecular weight is 315 g/mol. The lowest BCUT2D eigenvalue weighted by atomic mass is 10.1. The molecule has 3 aromatic rings. The normalized spacial score (nSPS) is 10.8. The highest BCUT2D eigenvalue weighted by molar-refractivity contribution is 9.10. The van der Waals surface area contributed by atoms with Crippen molar-refractivity contribution in [3.8, 4) is 0 Å². The highest BCUT2D eigenvalue weighted by atomic mass is 79.9. The van der Waals surface area contributed by atoms with Gasteiger partial charge in [-0.05, 0) is 30.7 Å². The van der Waals surface area contributed by atoms with Crippen LogP contribution in [0, 0.1) is 6.92 Å². The number of hydrogen-bond acceptors (Lipinski definition) is 2. The summed E-state index contributed by atoms with van der Waals surface area (Å²) in [5.41, 5.74) is 2.45. The van der Waals surface area contributed by atoms with Crippen molar-refractivity contribution >= 4 is 32.7 Å². The fourth-order valence-electron chi connectivity index (χ4n) is 1.97. The fraction of sp³-hybridized carbons (Fsp3) is 0.0625. The van der Waals surface area contributed by atoms with E-state index in [9.17, 15) is 4.79 Å². The van der Waals surface area contributed by atoms with Gasteiger partial charge in [-0.3, -0.25) is 4.79 Å². The Morgan fingerprint density at radius 1 is 1.11 bits per heavy atom. The minimum absolute atomic E-state index is 0.100. The zero-order chi connectivity index (χ0) is 13.4. The van der Waals surface area contributed by atoms with Crippen molar-refractivity contribution in [2.75, 3.05) is 0 Å². The molecule has 0 saturated heterocycles. The Balaban J connectivity index is 2.05. The summed E-state index contributed by atoms with van der Waals surface area (Å²) >= 11 is 3.44. The maximum absolute atomic E-state index is 12.4. The minimum atomic E-state index is -0.100. The van der Waals surface area contributed by atoms with Crippen LogP contribution in [-0.4, -0.2) is 5.78 Å². The van der Waals surface area contributed by atoms with Crippen LogP contribution < -0.4 is 0 Å². The van der Waals surface area contributed by atoms with Gasteiger partial charge in [0.1, 0.15) is 5.58 Å². The second-order valence-corrected chi connectivity index (χ2v) is 5.30.